The summed E-state index contributed by atoms with van der Waals surface area (Å²) in [7, 11) is 0. The number of aromatic amines is 2. The number of fused-ring (bicyclic) bond motifs is 2. The Kier molecular flexibility index (Phi) is 14.0. The molecule has 0 aliphatic rings. The summed E-state index contributed by atoms with van der Waals surface area (Å²) < 4.78 is 2.66. The molecule has 0 unspecified atom stereocenters. The molecule has 2 aromatic carbocycles. The summed E-state index contributed by atoms with van der Waals surface area (Å²) in [6, 6.07) is 12.7. The standard InChI is InChI=1S/C8H7BrN2.C8H7N2.9CH3.3Sn/c1-5-7-4-6(9)2-3-8(7)11-10-5;1-6-7-4-2-3-5-8(7)10-9-6;;;;;;;;;;;;/h2-4H,1H3,(H,10,11);3-5H,1H3,(H,9,10);9*1H3;;;. The molecule has 0 aliphatic heterocycles. The number of nitrogens with one attached hydrogen (secondary N) is 2. The summed E-state index contributed by atoms with van der Waals surface area (Å²) in [5.74, 6) is 0. The molecule has 4 nitrogen and oxygen atoms in total. The van der Waals surface area contributed by atoms with Gasteiger partial charge in [0.25, 0.3) is 0 Å². The maximum atomic E-state index is 4.24. The van der Waals surface area contributed by atoms with E-state index in [2.05, 4.69) is 112 Å². The summed E-state index contributed by atoms with van der Waals surface area (Å²) in [5, 5.41) is 16.8. The van der Waals surface area contributed by atoms with Gasteiger partial charge in [0.2, 0.25) is 0 Å². The molecule has 2 heterocycles. The molecule has 0 fully saturated rings. The molecule has 4 rings (SSSR count). The van der Waals surface area contributed by atoms with Gasteiger partial charge in [0.1, 0.15) is 0 Å². The fourth-order valence-electron chi connectivity index (χ4n) is 2.72. The third-order valence-corrected chi connectivity index (χ3v) is 10.6. The first-order chi connectivity index (χ1) is 15.2. The fourth-order valence-corrected chi connectivity index (χ4v) is 6.39. The van der Waals surface area contributed by atoms with Crippen LogP contribution in [0.25, 0.3) is 21.8 Å². The van der Waals surface area contributed by atoms with E-state index in [0.29, 0.717) is 0 Å². The number of benzene rings is 2. The van der Waals surface area contributed by atoms with Gasteiger partial charge in [-0.25, -0.2) is 0 Å². The monoisotopic (exact) mass is 836 g/mol. The van der Waals surface area contributed by atoms with Gasteiger partial charge in [-0.05, 0) is 25.1 Å². The minimum atomic E-state index is -1.90. The van der Waals surface area contributed by atoms with Crippen LogP contribution in [0.15, 0.2) is 40.9 Å². The average Bonchev–Trinajstić information content (AvgIpc) is 3.23. The van der Waals surface area contributed by atoms with Crippen LogP contribution in [0, 0.1) is 13.8 Å². The van der Waals surface area contributed by atoms with Crippen molar-refractivity contribution < 1.29 is 0 Å². The van der Waals surface area contributed by atoms with Gasteiger partial charge in [-0.3, -0.25) is 5.10 Å². The first-order valence-corrected chi connectivity index (χ1v) is 39.2. The van der Waals surface area contributed by atoms with Crippen LogP contribution in [-0.2, 0) is 0 Å². The van der Waals surface area contributed by atoms with Crippen molar-refractivity contribution in [3.63, 3.8) is 0 Å². The topological polar surface area (TPSA) is 57.4 Å². The Hall–Kier alpha value is 0.256. The van der Waals surface area contributed by atoms with Crippen molar-refractivity contribution in [2.75, 3.05) is 0 Å². The summed E-state index contributed by atoms with van der Waals surface area (Å²) in [6.07, 6.45) is 0. The Morgan fingerprint density at radius 3 is 1.52 bits per heavy atom. The number of rotatable bonds is 1. The van der Waals surface area contributed by atoms with Gasteiger partial charge >= 0.3 is 158 Å². The van der Waals surface area contributed by atoms with E-state index in [-0.39, 0.29) is 0 Å². The predicted octanol–water partition coefficient (Wildman–Crippen LogP) is 7.79. The van der Waals surface area contributed by atoms with Crippen molar-refractivity contribution in [3.05, 3.63) is 52.3 Å². The van der Waals surface area contributed by atoms with E-state index in [9.17, 15) is 0 Å². The molecule has 0 atom stereocenters. The zero-order valence-corrected chi connectivity index (χ0v) is 32.4. The normalized spacial score (nSPS) is 11.0. The molecular weight excluding hydrogens is 792 g/mol. The van der Waals surface area contributed by atoms with Gasteiger partial charge in [0.15, 0.2) is 0 Å². The molecule has 0 bridgehead atoms. The van der Waals surface area contributed by atoms with E-state index in [1.165, 1.54) is 16.5 Å². The van der Waals surface area contributed by atoms with E-state index in [1.807, 2.05) is 19.1 Å². The fraction of sp³-hybridized carbons (Fsp3) is 0.440. The molecule has 2 radical (unpaired) electrons. The molecule has 8 heteroatoms. The second-order valence-corrected chi connectivity index (χ2v) is 42.9. The van der Waals surface area contributed by atoms with Crippen LogP contribution in [0.5, 0.6) is 0 Å². The average molecular weight is 834 g/mol. The SMILES string of the molecule is Cc1[nH]nc2cc[c]([Sn]([CH3])([CH3])[CH3])cc12.Cc1[nH]nc2ccc(Br)cc12.[CH3][Sn]([CH3])[CH3].[CH3][Sn]([CH3])[CH3]. The van der Waals surface area contributed by atoms with E-state index in [4.69, 9.17) is 0 Å². The van der Waals surface area contributed by atoms with Crippen LogP contribution in [0.4, 0.5) is 0 Å². The number of aryl methyl sites for hydroxylation is 2. The van der Waals surface area contributed by atoms with Crippen molar-refractivity contribution in [2.24, 2.45) is 0 Å². The summed E-state index contributed by atoms with van der Waals surface area (Å²) >= 11 is 0.420. The van der Waals surface area contributed by atoms with Crippen molar-refractivity contribution in [1.82, 2.24) is 20.4 Å². The molecule has 0 aliphatic carbocycles. The van der Waals surface area contributed by atoms with Crippen molar-refractivity contribution in [3.8, 4) is 0 Å². The minimum absolute atomic E-state index is 0.543. The predicted molar refractivity (Wildman–Crippen MR) is 159 cm³/mol. The Bertz CT molecular complexity index is 1120. The Balaban J connectivity index is 0.000000254. The van der Waals surface area contributed by atoms with Crippen LogP contribution >= 0.6 is 15.9 Å². The van der Waals surface area contributed by atoms with Crippen LogP contribution < -0.4 is 3.58 Å². The summed E-state index contributed by atoms with van der Waals surface area (Å²) in [6.45, 7) is 4.10. The third-order valence-electron chi connectivity index (χ3n) is 4.32. The third kappa shape index (κ3) is 11.7. The molecule has 2 aromatic heterocycles. The quantitative estimate of drug-likeness (QED) is 0.193. The van der Waals surface area contributed by atoms with E-state index in [1.54, 1.807) is 3.58 Å². The van der Waals surface area contributed by atoms with Crippen molar-refractivity contribution in [1.29, 1.82) is 0 Å². The van der Waals surface area contributed by atoms with Crippen molar-refractivity contribution in [2.45, 2.75) is 58.3 Å². The zero-order valence-electron chi connectivity index (χ0n) is 22.2. The van der Waals surface area contributed by atoms with Crippen LogP contribution in [0.1, 0.15) is 11.4 Å². The zero-order chi connectivity index (χ0) is 25.3. The van der Waals surface area contributed by atoms with Crippen LogP contribution in [0.3, 0.4) is 0 Å². The second kappa shape index (κ2) is 14.7. The molecule has 4 aromatic rings. The second-order valence-electron chi connectivity index (χ2n) is 10.3. The van der Waals surface area contributed by atoms with Gasteiger partial charge in [-0.15, -0.1) is 0 Å². The molecule has 0 spiro atoms. The molecule has 0 saturated heterocycles. The number of H-pyrrole nitrogens is 2. The van der Waals surface area contributed by atoms with E-state index in [0.717, 1.165) is 21.2 Å². The number of halogens is 1. The first-order valence-electron chi connectivity index (χ1n) is 11.3. The van der Waals surface area contributed by atoms with Gasteiger partial charge in [0.05, 0.1) is 5.52 Å². The number of aromatic nitrogens is 4. The summed E-state index contributed by atoms with van der Waals surface area (Å²) in [5.41, 5.74) is 4.39. The molecular formula is C25H41BrN4Sn3. The molecule has 0 amide bonds. The molecule has 2 N–H and O–H groups in total. The Morgan fingerprint density at radius 1 is 0.697 bits per heavy atom. The van der Waals surface area contributed by atoms with Gasteiger partial charge < -0.3 is 0 Å². The molecule has 180 valence electrons. The van der Waals surface area contributed by atoms with E-state index < -0.39 is 57.9 Å². The van der Waals surface area contributed by atoms with E-state index >= 15 is 0 Å². The number of hydrogen-bond donors (Lipinski definition) is 2. The Morgan fingerprint density at radius 2 is 1.09 bits per heavy atom. The number of nitrogens with zero attached hydrogens (tertiary/aromatic N) is 2. The first kappa shape index (κ1) is 31.3. The summed E-state index contributed by atoms with van der Waals surface area (Å²) in [4.78, 5) is 21.5. The maximum absolute atomic E-state index is 4.24. The number of hydrogen-bond acceptors (Lipinski definition) is 2. The van der Waals surface area contributed by atoms with Gasteiger partial charge in [-0.1, -0.05) is 15.9 Å². The van der Waals surface area contributed by atoms with Crippen LogP contribution in [-0.4, -0.2) is 78.3 Å². The molecule has 0 saturated carbocycles. The van der Waals surface area contributed by atoms with Crippen LogP contribution in [0.2, 0.25) is 44.5 Å². The molecule has 33 heavy (non-hydrogen) atoms. The van der Waals surface area contributed by atoms with Gasteiger partial charge in [0, 0.05) is 15.6 Å². The van der Waals surface area contributed by atoms with Crippen molar-refractivity contribution >= 4 is 99.2 Å². The van der Waals surface area contributed by atoms with Gasteiger partial charge in [-0.2, -0.15) is 5.10 Å². The Labute approximate surface area is 227 Å².